The van der Waals surface area contributed by atoms with Gasteiger partial charge < -0.3 is 5.73 Å². The summed E-state index contributed by atoms with van der Waals surface area (Å²) < 4.78 is 37.2. The molecule has 0 aliphatic rings. The molecule has 0 saturated heterocycles. The van der Waals surface area contributed by atoms with Gasteiger partial charge in [-0.05, 0) is 37.1 Å². The van der Waals surface area contributed by atoms with Crippen LogP contribution in [0.3, 0.4) is 0 Å². The lowest BCUT2D eigenvalue weighted by Gasteiger charge is -2.13. The maximum absolute atomic E-state index is 12.4. The van der Waals surface area contributed by atoms with Crippen molar-refractivity contribution in [3.8, 4) is 0 Å². The fourth-order valence-electron chi connectivity index (χ4n) is 1.44. The molecule has 0 spiro atoms. The van der Waals surface area contributed by atoms with Crippen LogP contribution in [0.15, 0.2) is 12.1 Å². The van der Waals surface area contributed by atoms with Crippen LogP contribution in [-0.2, 0) is 6.18 Å². The quantitative estimate of drug-likeness (QED) is 0.657. The van der Waals surface area contributed by atoms with Crippen LogP contribution < -0.4 is 5.73 Å². The number of hydrogen-bond donors (Lipinski definition) is 1. The van der Waals surface area contributed by atoms with Crippen LogP contribution in [0.4, 0.5) is 18.9 Å². The summed E-state index contributed by atoms with van der Waals surface area (Å²) in [4.78, 5) is 0. The minimum Gasteiger partial charge on any atom is -0.399 e. The van der Waals surface area contributed by atoms with Gasteiger partial charge in [-0.1, -0.05) is 13.8 Å². The van der Waals surface area contributed by atoms with E-state index in [1.807, 2.05) is 13.8 Å². The molecule has 0 atom stereocenters. The van der Waals surface area contributed by atoms with Crippen molar-refractivity contribution in [2.45, 2.75) is 33.9 Å². The molecule has 2 N–H and O–H groups in total. The Hall–Kier alpha value is -1.19. The van der Waals surface area contributed by atoms with Crippen molar-refractivity contribution >= 4 is 5.69 Å². The third-order valence-electron chi connectivity index (χ3n) is 1.84. The monoisotopic (exact) mass is 219 g/mol. The lowest BCUT2D eigenvalue weighted by Crippen LogP contribution is -2.10. The zero-order valence-corrected chi connectivity index (χ0v) is 9.37. The molecule has 0 unspecified atom stereocenters. The van der Waals surface area contributed by atoms with E-state index < -0.39 is 11.7 Å². The van der Waals surface area contributed by atoms with Crippen LogP contribution in [0.2, 0.25) is 0 Å². The maximum Gasteiger partial charge on any atom is 0.416 e. The fourth-order valence-corrected chi connectivity index (χ4v) is 1.44. The zero-order valence-electron chi connectivity index (χ0n) is 9.37. The molecule has 1 rings (SSSR count). The molecule has 0 fully saturated rings. The summed E-state index contributed by atoms with van der Waals surface area (Å²) >= 11 is 0. The summed E-state index contributed by atoms with van der Waals surface area (Å²) in [6.45, 7) is 6.82. The molecule has 1 aromatic rings. The van der Waals surface area contributed by atoms with Crippen LogP contribution in [-0.4, -0.2) is 0 Å². The Morgan fingerprint density at radius 2 is 1.33 bits per heavy atom. The Kier molecular flexibility index (Phi) is 4.65. The van der Waals surface area contributed by atoms with Gasteiger partial charge in [0.1, 0.15) is 0 Å². The number of anilines is 1. The lowest BCUT2D eigenvalue weighted by molar-refractivity contribution is -0.138. The molecule has 0 radical (unpaired) electrons. The minimum atomic E-state index is -4.29. The minimum absolute atomic E-state index is 0.171. The molecule has 0 saturated carbocycles. The third-order valence-corrected chi connectivity index (χ3v) is 1.84. The molecule has 0 aliphatic heterocycles. The predicted molar refractivity (Wildman–Crippen MR) is 56.7 cm³/mol. The van der Waals surface area contributed by atoms with E-state index in [4.69, 9.17) is 5.73 Å². The van der Waals surface area contributed by atoms with E-state index in [-0.39, 0.29) is 11.1 Å². The number of halogens is 3. The Labute approximate surface area is 88.1 Å². The third kappa shape index (κ3) is 3.46. The van der Waals surface area contributed by atoms with Gasteiger partial charge in [0.2, 0.25) is 0 Å². The molecule has 4 heteroatoms. The normalized spacial score (nSPS) is 10.6. The van der Waals surface area contributed by atoms with Crippen LogP contribution in [0.1, 0.15) is 30.5 Å². The van der Waals surface area contributed by atoms with E-state index in [1.165, 1.54) is 26.0 Å². The topological polar surface area (TPSA) is 26.0 Å². The van der Waals surface area contributed by atoms with Gasteiger partial charge >= 0.3 is 6.18 Å². The molecule has 1 aromatic carbocycles. The highest BCUT2D eigenvalue weighted by Crippen LogP contribution is 2.35. The molecule has 0 aromatic heterocycles. The van der Waals surface area contributed by atoms with Crippen molar-refractivity contribution in [2.75, 3.05) is 5.73 Å². The Balaban J connectivity index is 0.000000921. The van der Waals surface area contributed by atoms with E-state index in [0.717, 1.165) is 0 Å². The second-order valence-electron chi connectivity index (χ2n) is 3.03. The Bertz CT molecular complexity index is 306. The Morgan fingerprint density at radius 3 is 1.60 bits per heavy atom. The first kappa shape index (κ1) is 13.8. The van der Waals surface area contributed by atoms with Gasteiger partial charge in [-0.2, -0.15) is 13.2 Å². The summed E-state index contributed by atoms with van der Waals surface area (Å²) in [7, 11) is 0. The van der Waals surface area contributed by atoms with Crippen LogP contribution in [0.25, 0.3) is 0 Å². The summed E-state index contributed by atoms with van der Waals surface area (Å²) in [5.41, 5.74) is 5.53. The largest absolute Gasteiger partial charge is 0.416 e. The summed E-state index contributed by atoms with van der Waals surface area (Å²) in [5, 5.41) is 0. The van der Waals surface area contributed by atoms with Gasteiger partial charge in [0.25, 0.3) is 0 Å². The highest BCUT2D eigenvalue weighted by atomic mass is 19.4. The first-order chi connectivity index (χ1) is 6.82. The first-order valence-electron chi connectivity index (χ1n) is 4.76. The molecule has 0 heterocycles. The van der Waals surface area contributed by atoms with Crippen LogP contribution in [0.5, 0.6) is 0 Å². The lowest BCUT2D eigenvalue weighted by atomic mass is 10.0. The van der Waals surface area contributed by atoms with Crippen molar-refractivity contribution in [3.63, 3.8) is 0 Å². The SMILES string of the molecule is CC.Cc1cc(N)cc(C)c1C(F)(F)F. The number of alkyl halides is 3. The van der Waals surface area contributed by atoms with Gasteiger partial charge in [0.15, 0.2) is 0 Å². The maximum atomic E-state index is 12.4. The van der Waals surface area contributed by atoms with Crippen molar-refractivity contribution in [2.24, 2.45) is 0 Å². The fraction of sp³-hybridized carbons (Fsp3) is 0.455. The second kappa shape index (κ2) is 5.05. The van der Waals surface area contributed by atoms with Crippen LogP contribution >= 0.6 is 0 Å². The smallest absolute Gasteiger partial charge is 0.399 e. The summed E-state index contributed by atoms with van der Waals surface area (Å²) in [5.74, 6) is 0. The van der Waals surface area contributed by atoms with Gasteiger partial charge in [-0.15, -0.1) is 0 Å². The molecule has 0 aliphatic carbocycles. The van der Waals surface area contributed by atoms with Crippen molar-refractivity contribution in [1.82, 2.24) is 0 Å². The van der Waals surface area contributed by atoms with Crippen molar-refractivity contribution < 1.29 is 13.2 Å². The summed E-state index contributed by atoms with van der Waals surface area (Å²) in [6.07, 6.45) is -4.29. The molecule has 15 heavy (non-hydrogen) atoms. The molecule has 0 bridgehead atoms. The van der Waals surface area contributed by atoms with Crippen molar-refractivity contribution in [1.29, 1.82) is 0 Å². The van der Waals surface area contributed by atoms with Gasteiger partial charge in [0, 0.05) is 5.69 Å². The van der Waals surface area contributed by atoms with Gasteiger partial charge in [-0.3, -0.25) is 0 Å². The van der Waals surface area contributed by atoms with Gasteiger partial charge in [-0.25, -0.2) is 0 Å². The average molecular weight is 219 g/mol. The van der Waals surface area contributed by atoms with E-state index in [0.29, 0.717) is 5.69 Å². The highest BCUT2D eigenvalue weighted by Gasteiger charge is 2.34. The number of rotatable bonds is 0. The number of nitrogen functional groups attached to an aromatic ring is 1. The van der Waals surface area contributed by atoms with E-state index >= 15 is 0 Å². The second-order valence-corrected chi connectivity index (χ2v) is 3.03. The molecular weight excluding hydrogens is 203 g/mol. The van der Waals surface area contributed by atoms with E-state index in [9.17, 15) is 13.2 Å². The van der Waals surface area contributed by atoms with Gasteiger partial charge in [0.05, 0.1) is 5.56 Å². The molecule has 86 valence electrons. The van der Waals surface area contributed by atoms with E-state index in [1.54, 1.807) is 0 Å². The van der Waals surface area contributed by atoms with E-state index in [2.05, 4.69) is 0 Å². The zero-order chi connectivity index (χ0) is 12.2. The standard InChI is InChI=1S/C9H10F3N.C2H6/c1-5-3-7(13)4-6(2)8(5)9(10,11)12;1-2/h3-4H,13H2,1-2H3;1-2H3. The molecule has 1 nitrogen and oxygen atoms in total. The first-order valence-corrected chi connectivity index (χ1v) is 4.76. The predicted octanol–water partition coefficient (Wildman–Crippen LogP) is 3.93. The van der Waals surface area contributed by atoms with Crippen LogP contribution in [0, 0.1) is 13.8 Å². The van der Waals surface area contributed by atoms with Crippen molar-refractivity contribution in [3.05, 3.63) is 28.8 Å². The number of hydrogen-bond acceptors (Lipinski definition) is 1. The average Bonchev–Trinajstić information content (AvgIpc) is 2.02. The number of aryl methyl sites for hydroxylation is 2. The Morgan fingerprint density at radius 1 is 1.00 bits per heavy atom. The highest BCUT2D eigenvalue weighted by molar-refractivity contribution is 5.49. The molecular formula is C11H16F3N. The number of benzene rings is 1. The molecule has 0 amide bonds. The number of nitrogens with two attached hydrogens (primary N) is 1. The summed E-state index contributed by atoms with van der Waals surface area (Å²) in [6, 6.07) is 2.66.